The number of hydrogen-bond acceptors (Lipinski definition) is 5. The van der Waals surface area contributed by atoms with Crippen molar-refractivity contribution in [2.24, 2.45) is 0 Å². The van der Waals surface area contributed by atoms with Crippen molar-refractivity contribution in [3.8, 4) is 5.75 Å². The predicted molar refractivity (Wildman–Crippen MR) is 103 cm³/mol. The van der Waals surface area contributed by atoms with E-state index in [-0.39, 0.29) is 0 Å². The molecule has 0 bridgehead atoms. The average molecular weight is 373 g/mol. The summed E-state index contributed by atoms with van der Waals surface area (Å²) in [5.74, 6) is 1.32. The number of fused-ring (bicyclic) bond motifs is 1. The van der Waals surface area contributed by atoms with E-state index in [4.69, 9.17) is 11.6 Å². The largest absolute Gasteiger partial charge is 0.508 e. The third-order valence-electron chi connectivity index (χ3n) is 5.68. The van der Waals surface area contributed by atoms with Crippen LogP contribution in [0.3, 0.4) is 0 Å². The van der Waals surface area contributed by atoms with Gasteiger partial charge in [-0.05, 0) is 56.4 Å². The quantitative estimate of drug-likeness (QED) is 0.881. The van der Waals surface area contributed by atoms with Crippen molar-refractivity contribution in [1.29, 1.82) is 0 Å². The van der Waals surface area contributed by atoms with E-state index in [0.717, 1.165) is 43.1 Å². The van der Waals surface area contributed by atoms with E-state index in [0.29, 0.717) is 16.9 Å². The monoisotopic (exact) mass is 372 g/mol. The number of phenols is 1. The van der Waals surface area contributed by atoms with Crippen molar-refractivity contribution in [2.75, 3.05) is 11.4 Å². The van der Waals surface area contributed by atoms with E-state index in [1.54, 1.807) is 6.07 Å². The Morgan fingerprint density at radius 3 is 2.81 bits per heavy atom. The second kappa shape index (κ2) is 7.05. The van der Waals surface area contributed by atoms with Crippen LogP contribution in [0.5, 0.6) is 5.75 Å². The molecule has 0 aliphatic carbocycles. The maximum absolute atomic E-state index is 9.81. The summed E-state index contributed by atoms with van der Waals surface area (Å²) in [4.78, 5) is 4.74. The highest BCUT2D eigenvalue weighted by molar-refractivity contribution is 6.30. The number of anilines is 1. The molecule has 138 valence electrons. The molecule has 2 aliphatic rings. The first-order valence-electron chi connectivity index (χ1n) is 9.34. The number of aromatic hydroxyl groups is 1. The van der Waals surface area contributed by atoms with E-state index < -0.39 is 0 Å². The maximum atomic E-state index is 9.81. The summed E-state index contributed by atoms with van der Waals surface area (Å²) >= 11 is 6.38. The van der Waals surface area contributed by atoms with Crippen molar-refractivity contribution < 1.29 is 5.11 Å². The molecule has 2 aliphatic heterocycles. The molecule has 0 radical (unpaired) electrons. The van der Waals surface area contributed by atoms with Gasteiger partial charge in [0, 0.05) is 43.3 Å². The fourth-order valence-corrected chi connectivity index (χ4v) is 4.34. The lowest BCUT2D eigenvalue weighted by atomic mass is 10.0. The smallest absolute Gasteiger partial charge is 0.156 e. The minimum Gasteiger partial charge on any atom is -0.508 e. The van der Waals surface area contributed by atoms with Crippen LogP contribution in [-0.4, -0.2) is 32.8 Å². The number of benzene rings is 1. The van der Waals surface area contributed by atoms with Crippen molar-refractivity contribution >= 4 is 17.4 Å². The number of aromatic nitrogens is 2. The summed E-state index contributed by atoms with van der Waals surface area (Å²) in [6.07, 6.45) is 3.69. The van der Waals surface area contributed by atoms with Gasteiger partial charge in [-0.3, -0.25) is 4.90 Å². The SMILES string of the molecule is Cc1ccc(O)cc1CN1Cc2c(Cl)nnc(N3CCCC[C@@H]3C)c2C1. The molecule has 26 heavy (non-hydrogen) atoms. The van der Waals surface area contributed by atoms with Gasteiger partial charge in [0.25, 0.3) is 0 Å². The van der Waals surface area contributed by atoms with Gasteiger partial charge in [0.2, 0.25) is 0 Å². The first-order chi connectivity index (χ1) is 12.5. The Kier molecular flexibility index (Phi) is 4.76. The van der Waals surface area contributed by atoms with Crippen molar-refractivity contribution in [2.45, 2.75) is 58.8 Å². The Morgan fingerprint density at radius 2 is 2.00 bits per heavy atom. The van der Waals surface area contributed by atoms with Crippen LogP contribution in [0.4, 0.5) is 5.82 Å². The zero-order valence-corrected chi connectivity index (χ0v) is 16.1. The number of aryl methyl sites for hydroxylation is 1. The molecule has 0 unspecified atom stereocenters. The Morgan fingerprint density at radius 1 is 1.19 bits per heavy atom. The highest BCUT2D eigenvalue weighted by Crippen LogP contribution is 2.36. The molecule has 2 aromatic rings. The summed E-state index contributed by atoms with van der Waals surface area (Å²) in [5.41, 5.74) is 4.65. The molecule has 0 saturated carbocycles. The Hall–Kier alpha value is -1.85. The fraction of sp³-hybridized carbons (Fsp3) is 0.500. The molecule has 0 spiro atoms. The molecule has 1 atom stereocenters. The van der Waals surface area contributed by atoms with Crippen LogP contribution in [0.25, 0.3) is 0 Å². The molecule has 1 aromatic carbocycles. The molecular formula is C20H25ClN4O. The molecule has 1 fully saturated rings. The van der Waals surface area contributed by atoms with Gasteiger partial charge >= 0.3 is 0 Å². The average Bonchev–Trinajstić information content (AvgIpc) is 3.04. The minimum absolute atomic E-state index is 0.312. The second-order valence-electron chi connectivity index (χ2n) is 7.57. The van der Waals surface area contributed by atoms with Gasteiger partial charge in [0.15, 0.2) is 11.0 Å². The van der Waals surface area contributed by atoms with Gasteiger partial charge in [-0.1, -0.05) is 17.7 Å². The predicted octanol–water partition coefficient (Wildman–Crippen LogP) is 4.04. The number of nitrogens with zero attached hydrogens (tertiary/aromatic N) is 4. The van der Waals surface area contributed by atoms with Crippen LogP contribution in [0, 0.1) is 6.92 Å². The fourth-order valence-electron chi connectivity index (χ4n) is 4.13. The third kappa shape index (κ3) is 3.26. The molecule has 3 heterocycles. The topological polar surface area (TPSA) is 52.5 Å². The molecule has 5 nitrogen and oxygen atoms in total. The van der Waals surface area contributed by atoms with E-state index in [9.17, 15) is 5.11 Å². The second-order valence-corrected chi connectivity index (χ2v) is 7.92. The van der Waals surface area contributed by atoms with E-state index in [1.165, 1.54) is 30.4 Å². The maximum Gasteiger partial charge on any atom is 0.156 e. The van der Waals surface area contributed by atoms with E-state index in [1.807, 2.05) is 12.1 Å². The summed E-state index contributed by atoms with van der Waals surface area (Å²) in [6, 6.07) is 6.04. The highest BCUT2D eigenvalue weighted by atomic mass is 35.5. The van der Waals surface area contributed by atoms with Crippen LogP contribution >= 0.6 is 11.6 Å². The summed E-state index contributed by atoms with van der Waals surface area (Å²) in [7, 11) is 0. The normalized spacial score (nSPS) is 20.4. The van der Waals surface area contributed by atoms with Crippen molar-refractivity contribution in [3.05, 3.63) is 45.6 Å². The molecular weight excluding hydrogens is 348 g/mol. The zero-order valence-electron chi connectivity index (χ0n) is 15.4. The Labute approximate surface area is 159 Å². The number of phenolic OH excluding ortho intramolecular Hbond substituents is 1. The Bertz CT molecular complexity index is 826. The number of halogens is 1. The van der Waals surface area contributed by atoms with Crippen molar-refractivity contribution in [1.82, 2.24) is 15.1 Å². The van der Waals surface area contributed by atoms with Crippen LogP contribution < -0.4 is 4.90 Å². The molecule has 4 rings (SSSR count). The molecule has 1 N–H and O–H groups in total. The lowest BCUT2D eigenvalue weighted by Crippen LogP contribution is -2.39. The molecule has 1 saturated heterocycles. The first-order valence-corrected chi connectivity index (χ1v) is 9.72. The highest BCUT2D eigenvalue weighted by Gasteiger charge is 2.31. The van der Waals surface area contributed by atoms with E-state index >= 15 is 0 Å². The summed E-state index contributed by atoms with van der Waals surface area (Å²) in [5, 5.41) is 19.0. The number of rotatable bonds is 3. The Balaban J connectivity index is 1.61. The van der Waals surface area contributed by atoms with Crippen molar-refractivity contribution in [3.63, 3.8) is 0 Å². The van der Waals surface area contributed by atoms with Crippen LogP contribution in [0.15, 0.2) is 18.2 Å². The van der Waals surface area contributed by atoms with Crippen LogP contribution in [-0.2, 0) is 19.6 Å². The van der Waals surface area contributed by atoms with Gasteiger partial charge in [-0.15, -0.1) is 10.2 Å². The third-order valence-corrected chi connectivity index (χ3v) is 5.98. The van der Waals surface area contributed by atoms with Gasteiger partial charge < -0.3 is 10.0 Å². The van der Waals surface area contributed by atoms with Gasteiger partial charge in [0.1, 0.15) is 5.75 Å². The molecule has 1 aromatic heterocycles. The lowest BCUT2D eigenvalue weighted by molar-refractivity contribution is 0.274. The van der Waals surface area contributed by atoms with Gasteiger partial charge in [-0.25, -0.2) is 0 Å². The lowest BCUT2D eigenvalue weighted by Gasteiger charge is -2.35. The van der Waals surface area contributed by atoms with Gasteiger partial charge in [-0.2, -0.15) is 0 Å². The van der Waals surface area contributed by atoms with Gasteiger partial charge in [0.05, 0.1) is 0 Å². The number of hydrogen-bond donors (Lipinski definition) is 1. The van der Waals surface area contributed by atoms with Crippen LogP contribution in [0.1, 0.15) is 48.4 Å². The van der Waals surface area contributed by atoms with Crippen LogP contribution in [0.2, 0.25) is 5.15 Å². The first kappa shape index (κ1) is 17.6. The standard InChI is InChI=1S/C20H25ClN4O/c1-13-6-7-16(26)9-15(13)10-24-11-17-18(12-24)20(23-22-19(17)21)25-8-4-3-5-14(25)2/h6-7,9,14,26H,3-5,8,10-12H2,1-2H3/t14-/m0/s1. The molecule has 0 amide bonds. The van der Waals surface area contributed by atoms with E-state index in [2.05, 4.69) is 33.8 Å². The zero-order chi connectivity index (χ0) is 18.3. The summed E-state index contributed by atoms with van der Waals surface area (Å²) < 4.78 is 0. The molecule has 6 heteroatoms. The number of piperidine rings is 1. The minimum atomic E-state index is 0.312. The summed E-state index contributed by atoms with van der Waals surface area (Å²) in [6.45, 7) is 7.75.